The summed E-state index contributed by atoms with van der Waals surface area (Å²) in [5, 5.41) is 8.95. The van der Waals surface area contributed by atoms with Gasteiger partial charge in [0.15, 0.2) is 5.78 Å². The average molecular weight is 281 g/mol. The summed E-state index contributed by atoms with van der Waals surface area (Å²) in [6.45, 7) is 3.97. The third-order valence-corrected chi connectivity index (χ3v) is 2.85. The van der Waals surface area contributed by atoms with Gasteiger partial charge in [0.1, 0.15) is 17.2 Å². The van der Waals surface area contributed by atoms with Gasteiger partial charge in [0.2, 0.25) is 0 Å². The maximum Gasteiger partial charge on any atom is 0.163 e. The molecule has 21 heavy (non-hydrogen) atoms. The van der Waals surface area contributed by atoms with Crippen molar-refractivity contribution in [3.8, 4) is 23.3 Å². The van der Waals surface area contributed by atoms with E-state index in [0.717, 1.165) is 5.75 Å². The fourth-order valence-corrected chi connectivity index (χ4v) is 1.86. The van der Waals surface area contributed by atoms with Crippen LogP contribution in [0.2, 0.25) is 0 Å². The molecule has 0 spiro atoms. The molecule has 4 heteroatoms. The van der Waals surface area contributed by atoms with Crippen molar-refractivity contribution in [1.82, 2.24) is 0 Å². The highest BCUT2D eigenvalue weighted by atomic mass is 16.5. The van der Waals surface area contributed by atoms with Crippen molar-refractivity contribution < 1.29 is 14.3 Å². The minimum Gasteiger partial charge on any atom is -0.494 e. The molecule has 2 rings (SSSR count). The Labute approximate surface area is 123 Å². The lowest BCUT2D eigenvalue weighted by molar-refractivity contribution is 0.101. The Kier molecular flexibility index (Phi) is 4.57. The normalized spacial score (nSPS) is 9.76. The van der Waals surface area contributed by atoms with E-state index in [0.29, 0.717) is 29.2 Å². The van der Waals surface area contributed by atoms with E-state index in [1.165, 1.54) is 6.92 Å². The Morgan fingerprint density at radius 3 is 2.38 bits per heavy atom. The van der Waals surface area contributed by atoms with E-state index < -0.39 is 0 Å². The Balaban J connectivity index is 2.29. The predicted octanol–water partition coefficient (Wildman–Crippen LogP) is 3.95. The van der Waals surface area contributed by atoms with E-state index in [1.807, 2.05) is 13.0 Å². The summed E-state index contributed by atoms with van der Waals surface area (Å²) in [6.07, 6.45) is 0. The fraction of sp³-hybridized carbons (Fsp3) is 0.176. The van der Waals surface area contributed by atoms with E-state index in [9.17, 15) is 4.79 Å². The van der Waals surface area contributed by atoms with Crippen LogP contribution in [0.15, 0.2) is 42.5 Å². The van der Waals surface area contributed by atoms with Crippen molar-refractivity contribution in [1.29, 1.82) is 5.26 Å². The van der Waals surface area contributed by atoms with Crippen LogP contribution in [0.4, 0.5) is 0 Å². The second-order valence-electron chi connectivity index (χ2n) is 4.39. The SMILES string of the molecule is CCOc1ccc(Oc2cc(C#N)ccc2C(C)=O)cc1. The van der Waals surface area contributed by atoms with E-state index in [2.05, 4.69) is 0 Å². The van der Waals surface area contributed by atoms with Crippen LogP contribution in [0.25, 0.3) is 0 Å². The third kappa shape index (κ3) is 3.61. The molecular weight excluding hydrogens is 266 g/mol. The molecule has 0 saturated carbocycles. The molecule has 0 amide bonds. The predicted molar refractivity (Wildman–Crippen MR) is 78.8 cm³/mol. The quantitative estimate of drug-likeness (QED) is 0.778. The number of benzene rings is 2. The lowest BCUT2D eigenvalue weighted by Crippen LogP contribution is -1.98. The molecule has 4 nitrogen and oxygen atoms in total. The van der Waals surface area contributed by atoms with Gasteiger partial charge in [-0.2, -0.15) is 5.26 Å². The second-order valence-corrected chi connectivity index (χ2v) is 4.39. The summed E-state index contributed by atoms with van der Waals surface area (Å²) in [7, 11) is 0. The van der Waals surface area contributed by atoms with Crippen LogP contribution in [-0.2, 0) is 0 Å². The number of hydrogen-bond acceptors (Lipinski definition) is 4. The fourth-order valence-electron chi connectivity index (χ4n) is 1.86. The second kappa shape index (κ2) is 6.58. The van der Waals surface area contributed by atoms with Crippen LogP contribution >= 0.6 is 0 Å². The number of rotatable bonds is 5. The smallest absolute Gasteiger partial charge is 0.163 e. The molecule has 0 unspecified atom stereocenters. The van der Waals surface area contributed by atoms with Crippen molar-refractivity contribution in [3.63, 3.8) is 0 Å². The molecule has 0 aromatic heterocycles. The monoisotopic (exact) mass is 281 g/mol. The largest absolute Gasteiger partial charge is 0.494 e. The zero-order chi connectivity index (χ0) is 15.2. The molecular formula is C17H15NO3. The first-order chi connectivity index (χ1) is 10.1. The van der Waals surface area contributed by atoms with Crippen LogP contribution in [-0.4, -0.2) is 12.4 Å². The van der Waals surface area contributed by atoms with Gasteiger partial charge in [-0.05, 0) is 56.3 Å². The summed E-state index contributed by atoms with van der Waals surface area (Å²) in [6, 6.07) is 13.9. The number of hydrogen-bond donors (Lipinski definition) is 0. The third-order valence-electron chi connectivity index (χ3n) is 2.85. The van der Waals surface area contributed by atoms with Crippen LogP contribution in [0.5, 0.6) is 17.2 Å². The lowest BCUT2D eigenvalue weighted by atomic mass is 10.1. The molecule has 2 aromatic carbocycles. The molecule has 0 N–H and O–H groups in total. The molecule has 0 heterocycles. The number of carbonyl (C=O) groups is 1. The van der Waals surface area contributed by atoms with Gasteiger partial charge < -0.3 is 9.47 Å². The van der Waals surface area contributed by atoms with Gasteiger partial charge in [-0.15, -0.1) is 0 Å². The first-order valence-electron chi connectivity index (χ1n) is 6.60. The minimum atomic E-state index is -0.111. The van der Waals surface area contributed by atoms with Crippen LogP contribution in [0.3, 0.4) is 0 Å². The molecule has 2 aromatic rings. The van der Waals surface area contributed by atoms with Gasteiger partial charge in [-0.3, -0.25) is 4.79 Å². The Morgan fingerprint density at radius 1 is 1.14 bits per heavy atom. The van der Waals surface area contributed by atoms with Gasteiger partial charge in [-0.1, -0.05) is 0 Å². The minimum absolute atomic E-state index is 0.111. The van der Waals surface area contributed by atoms with Crippen molar-refractivity contribution in [2.24, 2.45) is 0 Å². The highest BCUT2D eigenvalue weighted by molar-refractivity contribution is 5.97. The molecule has 0 aliphatic carbocycles. The highest BCUT2D eigenvalue weighted by Crippen LogP contribution is 2.28. The van der Waals surface area contributed by atoms with E-state index in [1.54, 1.807) is 42.5 Å². The first kappa shape index (κ1) is 14.6. The highest BCUT2D eigenvalue weighted by Gasteiger charge is 2.10. The van der Waals surface area contributed by atoms with Crippen LogP contribution in [0, 0.1) is 11.3 Å². The zero-order valence-electron chi connectivity index (χ0n) is 11.9. The summed E-state index contributed by atoms with van der Waals surface area (Å²) >= 11 is 0. The zero-order valence-corrected chi connectivity index (χ0v) is 11.9. The molecule has 0 aliphatic rings. The van der Waals surface area contributed by atoms with E-state index in [-0.39, 0.29) is 5.78 Å². The molecule has 0 saturated heterocycles. The Hall–Kier alpha value is -2.80. The topological polar surface area (TPSA) is 59.3 Å². The number of Topliss-reactive ketones (excluding diaryl/α,β-unsaturated/α-hetero) is 1. The van der Waals surface area contributed by atoms with E-state index >= 15 is 0 Å². The van der Waals surface area contributed by atoms with Crippen LogP contribution < -0.4 is 9.47 Å². The molecule has 0 atom stereocenters. The van der Waals surface area contributed by atoms with Crippen molar-refractivity contribution >= 4 is 5.78 Å². The Morgan fingerprint density at radius 2 is 1.81 bits per heavy atom. The summed E-state index contributed by atoms with van der Waals surface area (Å²) in [4.78, 5) is 11.6. The van der Waals surface area contributed by atoms with Crippen LogP contribution in [0.1, 0.15) is 29.8 Å². The average Bonchev–Trinajstić information content (AvgIpc) is 2.49. The summed E-state index contributed by atoms with van der Waals surface area (Å²) < 4.78 is 11.1. The van der Waals surface area contributed by atoms with Gasteiger partial charge >= 0.3 is 0 Å². The van der Waals surface area contributed by atoms with Gasteiger partial charge in [0, 0.05) is 0 Å². The molecule has 0 fully saturated rings. The lowest BCUT2D eigenvalue weighted by Gasteiger charge is -2.10. The van der Waals surface area contributed by atoms with Gasteiger partial charge in [-0.25, -0.2) is 0 Å². The van der Waals surface area contributed by atoms with Crippen molar-refractivity contribution in [2.45, 2.75) is 13.8 Å². The number of ether oxygens (including phenoxy) is 2. The maximum atomic E-state index is 11.6. The molecule has 0 aliphatic heterocycles. The summed E-state index contributed by atoms with van der Waals surface area (Å²) in [5.74, 6) is 1.60. The maximum absolute atomic E-state index is 11.6. The molecule has 0 radical (unpaired) electrons. The summed E-state index contributed by atoms with van der Waals surface area (Å²) in [5.41, 5.74) is 0.892. The number of carbonyl (C=O) groups excluding carboxylic acids is 1. The standard InChI is InChI=1S/C17H15NO3/c1-3-20-14-5-7-15(8-6-14)21-17-10-13(11-18)4-9-16(17)12(2)19/h4-10H,3H2,1-2H3. The van der Waals surface area contributed by atoms with Crippen molar-refractivity contribution in [3.05, 3.63) is 53.6 Å². The van der Waals surface area contributed by atoms with Gasteiger partial charge in [0.05, 0.1) is 23.8 Å². The van der Waals surface area contributed by atoms with Crippen molar-refractivity contribution in [2.75, 3.05) is 6.61 Å². The number of nitriles is 1. The Bertz CT molecular complexity index is 684. The first-order valence-corrected chi connectivity index (χ1v) is 6.60. The number of ketones is 1. The number of nitrogens with zero attached hydrogens (tertiary/aromatic N) is 1. The molecule has 106 valence electrons. The molecule has 0 bridgehead atoms. The van der Waals surface area contributed by atoms with E-state index in [4.69, 9.17) is 14.7 Å². The van der Waals surface area contributed by atoms with Gasteiger partial charge in [0.25, 0.3) is 0 Å².